The lowest BCUT2D eigenvalue weighted by molar-refractivity contribution is 0.163. The molecule has 0 radical (unpaired) electrons. The van der Waals surface area contributed by atoms with E-state index in [2.05, 4.69) is 5.32 Å². The van der Waals surface area contributed by atoms with E-state index in [4.69, 9.17) is 16.3 Å². The highest BCUT2D eigenvalue weighted by atomic mass is 35.5. The molecular weight excluding hydrogens is 236 g/mol. The minimum Gasteiger partial charge on any atom is -0.494 e. The molecule has 0 aliphatic rings. The molecule has 0 spiro atoms. The van der Waals surface area contributed by atoms with Crippen molar-refractivity contribution in [3.63, 3.8) is 0 Å². The first-order valence-corrected chi connectivity index (χ1v) is 5.54. The van der Waals surface area contributed by atoms with Crippen LogP contribution < -0.4 is 10.1 Å². The van der Waals surface area contributed by atoms with Crippen LogP contribution in [0.1, 0.15) is 12.5 Å². The maximum atomic E-state index is 12.0. The second-order valence-electron chi connectivity index (χ2n) is 3.16. The molecule has 0 amide bonds. The number of nitrogens with one attached hydrogen (secondary N) is 1. The van der Waals surface area contributed by atoms with Gasteiger partial charge in [0.25, 0.3) is 6.43 Å². The van der Waals surface area contributed by atoms with E-state index in [1.807, 2.05) is 6.92 Å². The van der Waals surface area contributed by atoms with Crippen molar-refractivity contribution in [1.29, 1.82) is 0 Å². The largest absolute Gasteiger partial charge is 0.494 e. The molecule has 1 rings (SSSR count). The van der Waals surface area contributed by atoms with Gasteiger partial charge in [-0.2, -0.15) is 0 Å². The number of rotatable bonds is 6. The number of halogens is 3. The molecule has 5 heteroatoms. The molecule has 0 fully saturated rings. The van der Waals surface area contributed by atoms with E-state index >= 15 is 0 Å². The Morgan fingerprint density at radius 3 is 2.75 bits per heavy atom. The van der Waals surface area contributed by atoms with Gasteiger partial charge in [-0.05, 0) is 25.1 Å². The second-order valence-corrected chi connectivity index (χ2v) is 3.43. The van der Waals surface area contributed by atoms with Crippen LogP contribution in [-0.4, -0.2) is 19.6 Å². The van der Waals surface area contributed by atoms with Crippen molar-refractivity contribution < 1.29 is 13.5 Å². The highest BCUT2D eigenvalue weighted by Crippen LogP contribution is 2.24. The van der Waals surface area contributed by atoms with Gasteiger partial charge >= 0.3 is 0 Å². The Kier molecular flexibility index (Phi) is 5.32. The van der Waals surface area contributed by atoms with E-state index < -0.39 is 6.43 Å². The molecule has 0 heterocycles. The summed E-state index contributed by atoms with van der Waals surface area (Å²) in [5.74, 6) is 0.986. The van der Waals surface area contributed by atoms with Crippen molar-refractivity contribution in [3.05, 3.63) is 23.8 Å². The molecule has 1 N–H and O–H groups in total. The average Bonchev–Trinajstić information content (AvgIpc) is 2.28. The van der Waals surface area contributed by atoms with Crippen LogP contribution in [0.4, 0.5) is 14.5 Å². The topological polar surface area (TPSA) is 21.3 Å². The maximum Gasteiger partial charge on any atom is 0.255 e. The molecule has 0 saturated heterocycles. The lowest BCUT2D eigenvalue weighted by Gasteiger charge is -2.11. The van der Waals surface area contributed by atoms with Crippen LogP contribution in [0, 0.1) is 0 Å². The van der Waals surface area contributed by atoms with Crippen LogP contribution in [0.15, 0.2) is 18.2 Å². The van der Waals surface area contributed by atoms with E-state index in [9.17, 15) is 8.78 Å². The Hall–Kier alpha value is -1.03. The van der Waals surface area contributed by atoms with Crippen molar-refractivity contribution in [2.75, 3.05) is 18.5 Å². The normalized spacial score (nSPS) is 10.6. The summed E-state index contributed by atoms with van der Waals surface area (Å²) in [5.41, 5.74) is 1.42. The molecule has 16 heavy (non-hydrogen) atoms. The number of ether oxygens (including phenoxy) is 1. The van der Waals surface area contributed by atoms with Gasteiger partial charge in [0.2, 0.25) is 0 Å². The predicted molar refractivity (Wildman–Crippen MR) is 61.7 cm³/mol. The summed E-state index contributed by atoms with van der Waals surface area (Å²) >= 11 is 5.75. The first kappa shape index (κ1) is 13.0. The SMILES string of the molecule is CCOc1ccc(NCC(F)F)cc1CCl. The minimum absolute atomic E-state index is 0.291. The van der Waals surface area contributed by atoms with Gasteiger partial charge < -0.3 is 10.1 Å². The third-order valence-electron chi connectivity index (χ3n) is 1.96. The van der Waals surface area contributed by atoms with Gasteiger partial charge in [-0.3, -0.25) is 0 Å². The molecule has 2 nitrogen and oxygen atoms in total. The summed E-state index contributed by atoms with van der Waals surface area (Å²) in [5, 5.41) is 2.62. The number of hydrogen-bond donors (Lipinski definition) is 1. The first-order chi connectivity index (χ1) is 7.67. The van der Waals surface area contributed by atoms with Crippen LogP contribution in [0.25, 0.3) is 0 Å². The Balaban J connectivity index is 2.74. The van der Waals surface area contributed by atoms with Gasteiger partial charge in [0, 0.05) is 11.3 Å². The fraction of sp³-hybridized carbons (Fsp3) is 0.455. The van der Waals surface area contributed by atoms with Crippen LogP contribution in [0.3, 0.4) is 0 Å². The Labute approximate surface area is 98.6 Å². The first-order valence-electron chi connectivity index (χ1n) is 5.01. The van der Waals surface area contributed by atoms with Gasteiger partial charge in [-0.15, -0.1) is 11.6 Å². The summed E-state index contributed by atoms with van der Waals surface area (Å²) in [6, 6.07) is 5.15. The van der Waals surface area contributed by atoms with Crippen molar-refractivity contribution in [3.8, 4) is 5.75 Å². The molecule has 0 saturated carbocycles. The zero-order valence-corrected chi connectivity index (χ0v) is 9.73. The summed E-state index contributed by atoms with van der Waals surface area (Å²) in [6.07, 6.45) is -2.37. The Morgan fingerprint density at radius 2 is 2.19 bits per heavy atom. The van der Waals surface area contributed by atoms with Gasteiger partial charge in [0.05, 0.1) is 19.0 Å². The molecule has 0 aromatic heterocycles. The molecule has 1 aromatic rings. The van der Waals surface area contributed by atoms with Gasteiger partial charge in [-0.1, -0.05) is 0 Å². The molecule has 1 aromatic carbocycles. The molecule has 0 aliphatic carbocycles. The maximum absolute atomic E-state index is 12.0. The quantitative estimate of drug-likeness (QED) is 0.779. The zero-order chi connectivity index (χ0) is 12.0. The van der Waals surface area contributed by atoms with E-state index in [0.717, 1.165) is 5.56 Å². The summed E-state index contributed by atoms with van der Waals surface area (Å²) in [7, 11) is 0. The summed E-state index contributed by atoms with van der Waals surface area (Å²) in [4.78, 5) is 0. The highest BCUT2D eigenvalue weighted by Gasteiger charge is 2.06. The standard InChI is InChI=1S/C11H14ClF2NO/c1-2-16-10-4-3-9(5-8(10)6-12)15-7-11(13)14/h3-5,11,15H,2,6-7H2,1H3. The molecule has 0 bridgehead atoms. The van der Waals surface area contributed by atoms with E-state index in [1.54, 1.807) is 18.2 Å². The molecule has 90 valence electrons. The smallest absolute Gasteiger partial charge is 0.255 e. The monoisotopic (exact) mass is 249 g/mol. The van der Waals surface area contributed by atoms with Crippen LogP contribution in [0.5, 0.6) is 5.75 Å². The molecular formula is C11H14ClF2NO. The van der Waals surface area contributed by atoms with Crippen molar-refractivity contribution >= 4 is 17.3 Å². The number of benzene rings is 1. The molecule has 0 aliphatic heterocycles. The van der Waals surface area contributed by atoms with Crippen molar-refractivity contribution in [2.45, 2.75) is 19.2 Å². The lowest BCUT2D eigenvalue weighted by Crippen LogP contribution is -2.10. The second kappa shape index (κ2) is 6.53. The lowest BCUT2D eigenvalue weighted by atomic mass is 10.2. The van der Waals surface area contributed by atoms with Crippen LogP contribution in [0.2, 0.25) is 0 Å². The highest BCUT2D eigenvalue weighted by molar-refractivity contribution is 6.17. The zero-order valence-electron chi connectivity index (χ0n) is 8.97. The Morgan fingerprint density at radius 1 is 1.44 bits per heavy atom. The Bertz CT molecular complexity index is 334. The molecule has 0 unspecified atom stereocenters. The number of hydrogen-bond acceptors (Lipinski definition) is 2. The fourth-order valence-corrected chi connectivity index (χ4v) is 1.49. The fourth-order valence-electron chi connectivity index (χ4n) is 1.29. The number of anilines is 1. The van der Waals surface area contributed by atoms with Crippen LogP contribution in [-0.2, 0) is 5.88 Å². The van der Waals surface area contributed by atoms with E-state index in [0.29, 0.717) is 23.9 Å². The predicted octanol–water partition coefficient (Wildman–Crippen LogP) is 3.50. The average molecular weight is 250 g/mol. The van der Waals surface area contributed by atoms with Gasteiger partial charge in [0.1, 0.15) is 5.75 Å². The third-order valence-corrected chi connectivity index (χ3v) is 2.25. The third kappa shape index (κ3) is 3.85. The van der Waals surface area contributed by atoms with E-state index in [1.165, 1.54) is 0 Å². The van der Waals surface area contributed by atoms with E-state index in [-0.39, 0.29) is 6.54 Å². The number of alkyl halides is 3. The summed E-state index contributed by atoms with van der Waals surface area (Å²) < 4.78 is 29.3. The minimum atomic E-state index is -2.37. The van der Waals surface area contributed by atoms with Gasteiger partial charge in [-0.25, -0.2) is 8.78 Å². The van der Waals surface area contributed by atoms with Crippen molar-refractivity contribution in [1.82, 2.24) is 0 Å². The van der Waals surface area contributed by atoms with Crippen LogP contribution >= 0.6 is 11.6 Å². The van der Waals surface area contributed by atoms with Gasteiger partial charge in [0.15, 0.2) is 0 Å². The van der Waals surface area contributed by atoms with Crippen molar-refractivity contribution in [2.24, 2.45) is 0 Å². The molecule has 0 atom stereocenters. The summed E-state index contributed by atoms with van der Waals surface area (Å²) in [6.45, 7) is 2.06.